The van der Waals surface area contributed by atoms with Gasteiger partial charge >= 0.3 is 12.1 Å². The second kappa shape index (κ2) is 9.41. The van der Waals surface area contributed by atoms with Crippen molar-refractivity contribution in [2.75, 3.05) is 12.4 Å². The maximum atomic E-state index is 12.4. The van der Waals surface area contributed by atoms with Crippen molar-refractivity contribution in [3.8, 4) is 5.75 Å². The molecule has 0 bridgehead atoms. The SMILES string of the molecule is CC(C)(C)OC(=O)Oc1c(C(C)(C)C)cc(CC(=O)OCCS)cc1C(C)(C)C. The summed E-state index contributed by atoms with van der Waals surface area (Å²) < 4.78 is 16.3. The average molecular weight is 425 g/mol. The summed E-state index contributed by atoms with van der Waals surface area (Å²) in [6, 6.07) is 3.83. The fraction of sp³-hybridized carbons (Fsp3) is 0.652. The highest BCUT2D eigenvalue weighted by Gasteiger charge is 2.31. The van der Waals surface area contributed by atoms with Crippen molar-refractivity contribution in [3.63, 3.8) is 0 Å². The van der Waals surface area contributed by atoms with E-state index in [1.165, 1.54) is 0 Å². The molecule has 1 rings (SSSR count). The molecular formula is C23H36O5S. The van der Waals surface area contributed by atoms with Crippen LogP contribution in [0, 0.1) is 0 Å². The van der Waals surface area contributed by atoms with Gasteiger partial charge < -0.3 is 14.2 Å². The van der Waals surface area contributed by atoms with E-state index in [0.717, 1.165) is 16.7 Å². The molecule has 0 radical (unpaired) electrons. The van der Waals surface area contributed by atoms with Crippen molar-refractivity contribution in [1.82, 2.24) is 0 Å². The Balaban J connectivity index is 3.48. The zero-order valence-corrected chi connectivity index (χ0v) is 20.2. The van der Waals surface area contributed by atoms with Crippen LogP contribution in [0.2, 0.25) is 0 Å². The predicted molar refractivity (Wildman–Crippen MR) is 119 cm³/mol. The van der Waals surface area contributed by atoms with Gasteiger partial charge in [0.15, 0.2) is 0 Å². The van der Waals surface area contributed by atoms with Gasteiger partial charge in [-0.3, -0.25) is 4.79 Å². The van der Waals surface area contributed by atoms with Crippen molar-refractivity contribution < 1.29 is 23.8 Å². The van der Waals surface area contributed by atoms with E-state index in [9.17, 15) is 9.59 Å². The molecule has 0 heterocycles. The summed E-state index contributed by atoms with van der Waals surface area (Å²) in [6.07, 6.45) is -0.596. The van der Waals surface area contributed by atoms with Gasteiger partial charge in [0.2, 0.25) is 0 Å². The summed E-state index contributed by atoms with van der Waals surface area (Å²) in [5.74, 6) is 0.667. The summed E-state index contributed by atoms with van der Waals surface area (Å²) in [5.41, 5.74) is 1.21. The molecule has 1 aromatic rings. The first-order valence-corrected chi connectivity index (χ1v) is 10.5. The molecule has 0 aliphatic rings. The molecule has 0 aromatic heterocycles. The molecule has 29 heavy (non-hydrogen) atoms. The van der Waals surface area contributed by atoms with Crippen LogP contribution in [-0.2, 0) is 31.5 Å². The van der Waals surface area contributed by atoms with Gasteiger partial charge in [-0.15, -0.1) is 0 Å². The highest BCUT2D eigenvalue weighted by Crippen LogP contribution is 2.41. The van der Waals surface area contributed by atoms with Crippen LogP contribution >= 0.6 is 12.6 Å². The molecule has 0 amide bonds. The van der Waals surface area contributed by atoms with Gasteiger partial charge in [-0.2, -0.15) is 12.6 Å². The quantitative estimate of drug-likeness (QED) is 0.378. The first-order chi connectivity index (χ1) is 13.0. The van der Waals surface area contributed by atoms with E-state index in [4.69, 9.17) is 14.2 Å². The number of hydrogen-bond donors (Lipinski definition) is 1. The van der Waals surface area contributed by atoms with Gasteiger partial charge in [-0.25, -0.2) is 4.79 Å². The van der Waals surface area contributed by atoms with E-state index in [0.29, 0.717) is 11.5 Å². The Morgan fingerprint density at radius 3 is 1.76 bits per heavy atom. The lowest BCUT2D eigenvalue weighted by molar-refractivity contribution is -0.142. The fourth-order valence-electron chi connectivity index (χ4n) is 2.75. The van der Waals surface area contributed by atoms with Crippen molar-refractivity contribution in [3.05, 3.63) is 28.8 Å². The molecule has 0 aliphatic carbocycles. The minimum Gasteiger partial charge on any atom is -0.465 e. The normalized spacial score (nSPS) is 12.5. The van der Waals surface area contributed by atoms with Crippen LogP contribution in [0.1, 0.15) is 79.0 Å². The number of carbonyl (C=O) groups excluding carboxylic acids is 2. The van der Waals surface area contributed by atoms with Gasteiger partial charge in [-0.1, -0.05) is 53.7 Å². The second-order valence-corrected chi connectivity index (χ2v) is 10.7. The molecule has 164 valence electrons. The summed E-state index contributed by atoms with van der Waals surface area (Å²) in [7, 11) is 0. The molecule has 0 N–H and O–H groups in total. The van der Waals surface area contributed by atoms with E-state index in [-0.39, 0.29) is 29.8 Å². The Kier molecular flexibility index (Phi) is 8.23. The number of carbonyl (C=O) groups is 2. The van der Waals surface area contributed by atoms with E-state index in [1.807, 2.05) is 53.7 Å². The Hall–Kier alpha value is -1.69. The number of ether oxygens (including phenoxy) is 3. The molecule has 0 aliphatic heterocycles. The highest BCUT2D eigenvalue weighted by atomic mass is 32.1. The predicted octanol–water partition coefficient (Wildman–Crippen LogP) is 5.61. The molecule has 0 atom stereocenters. The molecule has 5 nitrogen and oxygen atoms in total. The number of hydrogen-bond acceptors (Lipinski definition) is 6. The third-order valence-corrected chi connectivity index (χ3v) is 4.23. The molecular weight excluding hydrogens is 388 g/mol. The standard InChI is InChI=1S/C23H36O5S/c1-21(2,3)16-12-15(14-18(24)26-10-11-29)13-17(22(4,5)6)19(16)27-20(25)28-23(7,8)9/h12-13,29H,10-11,14H2,1-9H3. The monoisotopic (exact) mass is 424 g/mol. The molecule has 0 spiro atoms. The highest BCUT2D eigenvalue weighted by molar-refractivity contribution is 7.80. The topological polar surface area (TPSA) is 61.8 Å². The third-order valence-electron chi connectivity index (χ3n) is 4.04. The number of esters is 1. The summed E-state index contributed by atoms with van der Waals surface area (Å²) in [5, 5.41) is 0. The van der Waals surface area contributed by atoms with Gasteiger partial charge in [0.25, 0.3) is 0 Å². The number of thiol groups is 1. The molecule has 6 heteroatoms. The Morgan fingerprint density at radius 1 is 0.897 bits per heavy atom. The smallest absolute Gasteiger partial charge is 0.465 e. The molecule has 0 saturated heterocycles. The number of rotatable bonds is 5. The average Bonchev–Trinajstić information content (AvgIpc) is 2.50. The van der Waals surface area contributed by atoms with E-state index >= 15 is 0 Å². The van der Waals surface area contributed by atoms with E-state index in [2.05, 4.69) is 12.6 Å². The third kappa shape index (κ3) is 8.29. The van der Waals surface area contributed by atoms with Crippen molar-refractivity contribution in [1.29, 1.82) is 0 Å². The van der Waals surface area contributed by atoms with Crippen LogP contribution < -0.4 is 4.74 Å². The van der Waals surface area contributed by atoms with Crippen LogP contribution in [0.4, 0.5) is 4.79 Å². The second-order valence-electron chi connectivity index (χ2n) is 10.2. The van der Waals surface area contributed by atoms with Crippen molar-refractivity contribution in [2.24, 2.45) is 0 Å². The lowest BCUT2D eigenvalue weighted by atomic mass is 9.78. The van der Waals surface area contributed by atoms with Crippen LogP contribution in [0.3, 0.4) is 0 Å². The molecule has 0 unspecified atom stereocenters. The molecule has 0 fully saturated rings. The zero-order valence-electron chi connectivity index (χ0n) is 19.3. The lowest BCUT2D eigenvalue weighted by Gasteiger charge is -2.30. The van der Waals surface area contributed by atoms with Crippen LogP contribution in [0.15, 0.2) is 12.1 Å². The Bertz CT molecular complexity index is 698. The maximum Gasteiger partial charge on any atom is 0.514 e. The van der Waals surface area contributed by atoms with Gasteiger partial charge in [0.05, 0.1) is 6.42 Å². The summed E-state index contributed by atoms with van der Waals surface area (Å²) in [4.78, 5) is 24.6. The Labute approximate surface area is 180 Å². The maximum absolute atomic E-state index is 12.4. The summed E-state index contributed by atoms with van der Waals surface area (Å²) in [6.45, 7) is 17.9. The van der Waals surface area contributed by atoms with Crippen LogP contribution in [-0.4, -0.2) is 30.1 Å². The Morgan fingerprint density at radius 2 is 1.38 bits per heavy atom. The van der Waals surface area contributed by atoms with Crippen molar-refractivity contribution in [2.45, 2.75) is 85.2 Å². The minimum atomic E-state index is -0.741. The molecule has 1 aromatic carbocycles. The largest absolute Gasteiger partial charge is 0.514 e. The summed E-state index contributed by atoms with van der Waals surface area (Å²) >= 11 is 4.07. The van der Waals surface area contributed by atoms with Crippen LogP contribution in [0.5, 0.6) is 5.75 Å². The van der Waals surface area contributed by atoms with E-state index < -0.39 is 11.8 Å². The van der Waals surface area contributed by atoms with Gasteiger partial charge in [0, 0.05) is 16.9 Å². The van der Waals surface area contributed by atoms with Gasteiger partial charge in [-0.05, 0) is 37.2 Å². The van der Waals surface area contributed by atoms with E-state index in [1.54, 1.807) is 20.8 Å². The minimum absolute atomic E-state index is 0.145. The molecule has 0 saturated carbocycles. The first-order valence-electron chi connectivity index (χ1n) is 9.90. The fourth-order valence-corrected chi connectivity index (χ4v) is 2.84. The van der Waals surface area contributed by atoms with Crippen LogP contribution in [0.25, 0.3) is 0 Å². The van der Waals surface area contributed by atoms with Crippen molar-refractivity contribution >= 4 is 24.8 Å². The zero-order chi connectivity index (χ0) is 22.6. The lowest BCUT2D eigenvalue weighted by Crippen LogP contribution is -2.28. The van der Waals surface area contributed by atoms with Gasteiger partial charge in [0.1, 0.15) is 18.0 Å². The number of benzene rings is 1. The first kappa shape index (κ1) is 25.3.